The number of rotatable bonds is 6. The third-order valence-corrected chi connectivity index (χ3v) is 6.94. The molecule has 2 atom stereocenters. The number of carbonyl (C=O) groups is 1. The fourth-order valence-corrected chi connectivity index (χ4v) is 5.07. The number of nitrogens with two attached hydrogens (primary N) is 1. The molecule has 1 aliphatic rings. The number of ether oxygens (including phenoxy) is 1. The van der Waals surface area contributed by atoms with Gasteiger partial charge in [-0.1, -0.05) is 35.9 Å². The lowest BCUT2D eigenvalue weighted by molar-refractivity contribution is -0.149. The van der Waals surface area contributed by atoms with Gasteiger partial charge in [0.2, 0.25) is 5.91 Å². The Bertz CT molecular complexity index is 1390. The van der Waals surface area contributed by atoms with Crippen molar-refractivity contribution in [2.75, 3.05) is 26.0 Å². The molecule has 4 aromatic rings. The van der Waals surface area contributed by atoms with Crippen LogP contribution in [0, 0.1) is 0 Å². The smallest absolute Gasteiger partial charge is 0.242 e. The van der Waals surface area contributed by atoms with Gasteiger partial charge in [-0.05, 0) is 59.2 Å². The van der Waals surface area contributed by atoms with E-state index in [2.05, 4.69) is 40.0 Å². The number of methoxy groups -OCH3 is 1. The highest BCUT2D eigenvalue weighted by molar-refractivity contribution is 6.31. The minimum Gasteiger partial charge on any atom is -0.383 e. The summed E-state index contributed by atoms with van der Waals surface area (Å²) in [6, 6.07) is 17.8. The Balaban J connectivity index is 1.36. The molecule has 3 aromatic carbocycles. The molecular weight excluding hydrogens is 462 g/mol. The molecule has 5 rings (SSSR count). The largest absolute Gasteiger partial charge is 0.383 e. The number of anilines is 1. The van der Waals surface area contributed by atoms with Crippen LogP contribution in [0.4, 0.5) is 5.82 Å². The van der Waals surface area contributed by atoms with Gasteiger partial charge in [0.05, 0.1) is 12.1 Å². The molecule has 2 heterocycles. The van der Waals surface area contributed by atoms with E-state index in [4.69, 9.17) is 22.1 Å². The van der Waals surface area contributed by atoms with Crippen molar-refractivity contribution >= 4 is 45.0 Å². The molecular formula is C27H28ClN5O2. The minimum atomic E-state index is -0.351. The average molecular weight is 490 g/mol. The van der Waals surface area contributed by atoms with Crippen LogP contribution in [0.25, 0.3) is 21.7 Å². The fraction of sp³-hybridized carbons (Fsp3) is 0.296. The summed E-state index contributed by atoms with van der Waals surface area (Å²) in [5.74, 6) is 0.525. The molecule has 180 valence electrons. The third-order valence-electron chi connectivity index (χ3n) is 6.70. The molecule has 1 saturated heterocycles. The van der Waals surface area contributed by atoms with Gasteiger partial charge in [-0.25, -0.2) is 9.97 Å². The van der Waals surface area contributed by atoms with E-state index in [9.17, 15) is 4.79 Å². The maximum atomic E-state index is 13.6. The average Bonchev–Trinajstić information content (AvgIpc) is 2.84. The van der Waals surface area contributed by atoms with Gasteiger partial charge in [0, 0.05) is 43.2 Å². The molecule has 0 aliphatic carbocycles. The first-order valence-electron chi connectivity index (χ1n) is 11.6. The van der Waals surface area contributed by atoms with Crippen LogP contribution in [0.5, 0.6) is 0 Å². The summed E-state index contributed by atoms with van der Waals surface area (Å²) in [4.78, 5) is 26.2. The molecule has 0 radical (unpaired) electrons. The molecule has 0 bridgehead atoms. The van der Waals surface area contributed by atoms with Gasteiger partial charge >= 0.3 is 0 Å². The first kappa shape index (κ1) is 23.5. The van der Waals surface area contributed by atoms with Crippen LogP contribution < -0.4 is 5.73 Å². The van der Waals surface area contributed by atoms with E-state index in [1.54, 1.807) is 7.11 Å². The summed E-state index contributed by atoms with van der Waals surface area (Å²) in [7, 11) is 1.64. The van der Waals surface area contributed by atoms with Gasteiger partial charge in [-0.2, -0.15) is 0 Å². The van der Waals surface area contributed by atoms with Gasteiger partial charge in [0.1, 0.15) is 18.2 Å². The van der Waals surface area contributed by atoms with E-state index in [1.165, 1.54) is 6.33 Å². The molecule has 35 heavy (non-hydrogen) atoms. The Morgan fingerprint density at radius 1 is 1.03 bits per heavy atom. The summed E-state index contributed by atoms with van der Waals surface area (Å²) in [5.41, 5.74) is 8.90. The number of hydrogen-bond donors (Lipinski definition) is 1. The summed E-state index contributed by atoms with van der Waals surface area (Å²) in [6.45, 7) is 4.36. The molecule has 8 heteroatoms. The molecule has 1 amide bonds. The number of benzene rings is 3. The first-order valence-corrected chi connectivity index (χ1v) is 12.0. The Morgan fingerprint density at radius 3 is 2.60 bits per heavy atom. The van der Waals surface area contributed by atoms with E-state index in [0.717, 1.165) is 44.4 Å². The van der Waals surface area contributed by atoms with Crippen molar-refractivity contribution in [3.8, 4) is 0 Å². The second-order valence-corrected chi connectivity index (χ2v) is 9.59. The van der Waals surface area contributed by atoms with Crippen molar-refractivity contribution in [2.24, 2.45) is 0 Å². The molecule has 0 saturated carbocycles. The fourth-order valence-electron chi connectivity index (χ4n) is 4.89. The van der Waals surface area contributed by atoms with Crippen LogP contribution >= 0.6 is 11.6 Å². The van der Waals surface area contributed by atoms with E-state index in [-0.39, 0.29) is 18.0 Å². The van der Waals surface area contributed by atoms with Gasteiger partial charge < -0.3 is 15.4 Å². The summed E-state index contributed by atoms with van der Waals surface area (Å²) in [5, 5.41) is 3.78. The van der Waals surface area contributed by atoms with Gasteiger partial charge in [-0.3, -0.25) is 9.69 Å². The van der Waals surface area contributed by atoms with Crippen molar-refractivity contribution in [1.29, 1.82) is 0 Å². The number of hydrogen-bond acceptors (Lipinski definition) is 6. The maximum Gasteiger partial charge on any atom is 0.242 e. The number of nitrogen functional groups attached to an aromatic ring is 1. The number of piperazine rings is 1. The lowest BCUT2D eigenvalue weighted by Crippen LogP contribution is -2.61. The van der Waals surface area contributed by atoms with Gasteiger partial charge in [0.15, 0.2) is 0 Å². The summed E-state index contributed by atoms with van der Waals surface area (Å²) < 4.78 is 5.47. The number of nitrogens with zero attached hydrogens (tertiary/aromatic N) is 4. The van der Waals surface area contributed by atoms with Crippen molar-refractivity contribution in [3.63, 3.8) is 0 Å². The standard InChI is InChI=1S/C27H28ClN5O2/c1-17-12-32(13-18-3-5-21-11-22(28)7-6-20(21)9-18)25(15-35-2)27(34)33(17)14-19-4-8-23-24(10-19)30-16-31-26(23)29/h3-11,16-17,25H,12-15H2,1-2H3,(H2,29,30,31). The lowest BCUT2D eigenvalue weighted by atomic mass is 10.0. The van der Waals surface area contributed by atoms with Crippen LogP contribution in [0.15, 0.2) is 60.9 Å². The van der Waals surface area contributed by atoms with Gasteiger partial charge in [0.25, 0.3) is 0 Å². The molecule has 1 fully saturated rings. The quantitative estimate of drug-likeness (QED) is 0.435. The van der Waals surface area contributed by atoms with Crippen LogP contribution in [0.3, 0.4) is 0 Å². The highest BCUT2D eigenvalue weighted by Gasteiger charge is 2.38. The molecule has 2 unspecified atom stereocenters. The SMILES string of the molecule is COCC1C(=O)N(Cc2ccc3c(N)ncnc3c2)C(C)CN1Cc1ccc2cc(Cl)ccc2c1. The van der Waals surface area contributed by atoms with E-state index < -0.39 is 0 Å². The van der Waals surface area contributed by atoms with Crippen LogP contribution in [-0.2, 0) is 22.6 Å². The molecule has 1 aromatic heterocycles. The molecule has 2 N–H and O–H groups in total. The zero-order valence-corrected chi connectivity index (χ0v) is 20.6. The van der Waals surface area contributed by atoms with Crippen molar-refractivity contribution in [3.05, 3.63) is 77.1 Å². The number of amides is 1. The van der Waals surface area contributed by atoms with Crippen LogP contribution in [-0.4, -0.2) is 58.0 Å². The van der Waals surface area contributed by atoms with E-state index >= 15 is 0 Å². The Labute approximate surface area is 209 Å². The first-order chi connectivity index (χ1) is 16.9. The number of halogens is 1. The maximum absolute atomic E-state index is 13.6. The number of fused-ring (bicyclic) bond motifs is 2. The molecule has 0 spiro atoms. The Hall–Kier alpha value is -3.26. The normalized spacial score (nSPS) is 19.1. The zero-order valence-electron chi connectivity index (χ0n) is 19.8. The van der Waals surface area contributed by atoms with Crippen molar-refractivity contribution in [1.82, 2.24) is 19.8 Å². The highest BCUT2D eigenvalue weighted by atomic mass is 35.5. The monoisotopic (exact) mass is 489 g/mol. The van der Waals surface area contributed by atoms with Gasteiger partial charge in [-0.15, -0.1) is 0 Å². The van der Waals surface area contributed by atoms with E-state index in [0.29, 0.717) is 25.5 Å². The predicted molar refractivity (Wildman–Crippen MR) is 139 cm³/mol. The second-order valence-electron chi connectivity index (χ2n) is 9.15. The van der Waals surface area contributed by atoms with Crippen LogP contribution in [0.2, 0.25) is 5.02 Å². The molecule has 7 nitrogen and oxygen atoms in total. The number of aromatic nitrogens is 2. The van der Waals surface area contributed by atoms with Crippen molar-refractivity contribution < 1.29 is 9.53 Å². The summed E-state index contributed by atoms with van der Waals surface area (Å²) in [6.07, 6.45) is 1.46. The van der Waals surface area contributed by atoms with E-state index in [1.807, 2.05) is 41.3 Å². The Morgan fingerprint density at radius 2 is 1.77 bits per heavy atom. The topological polar surface area (TPSA) is 84.6 Å². The minimum absolute atomic E-state index is 0.0426. The second kappa shape index (κ2) is 9.77. The van der Waals surface area contributed by atoms with Crippen molar-refractivity contribution in [2.45, 2.75) is 32.1 Å². The molecule has 1 aliphatic heterocycles. The van der Waals surface area contributed by atoms with Crippen LogP contribution in [0.1, 0.15) is 18.1 Å². The third kappa shape index (κ3) is 4.80. The summed E-state index contributed by atoms with van der Waals surface area (Å²) >= 11 is 6.13. The lowest BCUT2D eigenvalue weighted by Gasteiger charge is -2.44. The highest BCUT2D eigenvalue weighted by Crippen LogP contribution is 2.26. The number of carbonyl (C=O) groups excluding carboxylic acids is 1. The predicted octanol–water partition coefficient (Wildman–Crippen LogP) is 4.27. The zero-order chi connectivity index (χ0) is 24.5. The Kier molecular flexibility index (Phi) is 6.56.